The van der Waals surface area contributed by atoms with Crippen LogP contribution in [0.1, 0.15) is 116 Å². The Morgan fingerprint density at radius 3 is 2.00 bits per heavy atom. The minimum Gasteiger partial charge on any atom is -0.458 e. The largest absolute Gasteiger partial charge is 0.458 e. The summed E-state index contributed by atoms with van der Waals surface area (Å²) in [5.74, 6) is -1.50. The molecule has 47 heavy (non-hydrogen) atoms. The van der Waals surface area contributed by atoms with E-state index in [1.165, 1.54) is 4.90 Å². The zero-order valence-corrected chi connectivity index (χ0v) is 30.2. The van der Waals surface area contributed by atoms with Gasteiger partial charge in [-0.25, -0.2) is 9.59 Å². The fraction of sp³-hybridized carbons (Fsp3) is 0.579. The summed E-state index contributed by atoms with van der Waals surface area (Å²) in [7, 11) is 0. The molecular formula is C38H57N3O6. The Hall–Kier alpha value is -3.88. The first-order valence-corrected chi connectivity index (χ1v) is 16.9. The van der Waals surface area contributed by atoms with Gasteiger partial charge in [-0.3, -0.25) is 9.59 Å². The SMILES string of the molecule is CCCCCCCN(C(=O)C(C)NC(=O)OC(C)(C)C)C(C(=O)NC(Cc1ccccc1)C(=O)OC(C)(C)C)c1ccc(C)cc1C. The molecule has 9 heteroatoms. The van der Waals surface area contributed by atoms with Crippen molar-refractivity contribution in [2.24, 2.45) is 0 Å². The van der Waals surface area contributed by atoms with Crippen LogP contribution in [-0.4, -0.2) is 58.6 Å². The van der Waals surface area contributed by atoms with E-state index in [1.807, 2.05) is 62.4 Å². The quantitative estimate of drug-likeness (QED) is 0.157. The molecule has 0 saturated heterocycles. The Labute approximate surface area is 282 Å². The van der Waals surface area contributed by atoms with E-state index in [-0.39, 0.29) is 13.0 Å². The van der Waals surface area contributed by atoms with Gasteiger partial charge in [0, 0.05) is 13.0 Å². The predicted molar refractivity (Wildman–Crippen MR) is 186 cm³/mol. The molecule has 3 amide bonds. The van der Waals surface area contributed by atoms with Crippen LogP contribution in [0.5, 0.6) is 0 Å². The highest BCUT2D eigenvalue weighted by atomic mass is 16.6. The maximum atomic E-state index is 14.5. The lowest BCUT2D eigenvalue weighted by molar-refractivity contribution is -0.159. The third kappa shape index (κ3) is 13.8. The highest BCUT2D eigenvalue weighted by Crippen LogP contribution is 2.28. The van der Waals surface area contributed by atoms with Gasteiger partial charge in [-0.05, 0) is 85.4 Å². The molecule has 3 atom stereocenters. The van der Waals surface area contributed by atoms with Crippen LogP contribution in [0.15, 0.2) is 48.5 Å². The zero-order chi connectivity index (χ0) is 35.4. The molecule has 0 aliphatic rings. The van der Waals surface area contributed by atoms with Crippen LogP contribution in [0.2, 0.25) is 0 Å². The second-order valence-corrected chi connectivity index (χ2v) is 14.4. The van der Waals surface area contributed by atoms with Crippen LogP contribution >= 0.6 is 0 Å². The lowest BCUT2D eigenvalue weighted by atomic mass is 9.95. The van der Waals surface area contributed by atoms with Crippen LogP contribution in [0.3, 0.4) is 0 Å². The van der Waals surface area contributed by atoms with Gasteiger partial charge in [0.1, 0.15) is 29.3 Å². The number of ether oxygens (including phenoxy) is 2. The van der Waals surface area contributed by atoms with Crippen LogP contribution < -0.4 is 10.6 Å². The standard InChI is InChI=1S/C38H57N3O6/c1-11-12-13-14-18-23-41(34(43)28(4)39-36(45)47-38(8,9)10)32(30-22-21-26(2)24-27(30)3)33(42)40-31(35(44)46-37(5,6)7)25-29-19-16-15-17-20-29/h15-17,19-22,24,28,31-32H,11-14,18,23,25H2,1-10H3,(H,39,45)(H,40,42). The number of nitrogens with one attached hydrogen (secondary N) is 2. The van der Waals surface area contributed by atoms with Crippen LogP contribution in [0.25, 0.3) is 0 Å². The molecule has 0 bridgehead atoms. The molecule has 2 aromatic rings. The number of esters is 1. The summed E-state index contributed by atoms with van der Waals surface area (Å²) in [6.45, 7) is 18.5. The van der Waals surface area contributed by atoms with Crippen molar-refractivity contribution in [1.29, 1.82) is 0 Å². The number of hydrogen-bond donors (Lipinski definition) is 2. The molecule has 0 fully saturated rings. The number of aryl methyl sites for hydroxylation is 2. The van der Waals surface area contributed by atoms with Gasteiger partial charge >= 0.3 is 12.1 Å². The molecule has 0 saturated carbocycles. The van der Waals surface area contributed by atoms with Crippen molar-refractivity contribution in [2.45, 2.75) is 137 Å². The van der Waals surface area contributed by atoms with Gasteiger partial charge in [0.25, 0.3) is 0 Å². The van der Waals surface area contributed by atoms with Crippen molar-refractivity contribution in [2.75, 3.05) is 6.54 Å². The molecule has 260 valence electrons. The van der Waals surface area contributed by atoms with E-state index in [2.05, 4.69) is 17.6 Å². The molecular weight excluding hydrogens is 594 g/mol. The van der Waals surface area contributed by atoms with Crippen LogP contribution in [0.4, 0.5) is 4.79 Å². The van der Waals surface area contributed by atoms with Crippen LogP contribution in [0, 0.1) is 13.8 Å². The second kappa shape index (κ2) is 17.9. The number of carbonyl (C=O) groups is 4. The number of amides is 3. The van der Waals surface area contributed by atoms with Gasteiger partial charge < -0.3 is 25.0 Å². The van der Waals surface area contributed by atoms with E-state index in [1.54, 1.807) is 48.5 Å². The molecule has 0 heterocycles. The van der Waals surface area contributed by atoms with Crippen molar-refractivity contribution in [1.82, 2.24) is 15.5 Å². The molecule has 0 aliphatic heterocycles. The molecule has 0 spiro atoms. The summed E-state index contributed by atoms with van der Waals surface area (Å²) in [4.78, 5) is 56.5. The van der Waals surface area contributed by atoms with E-state index in [9.17, 15) is 19.2 Å². The van der Waals surface area contributed by atoms with E-state index in [0.29, 0.717) is 12.0 Å². The molecule has 2 rings (SSSR count). The normalized spacial score (nSPS) is 13.6. The first-order chi connectivity index (χ1) is 21.9. The lowest BCUT2D eigenvalue weighted by Gasteiger charge is -2.35. The maximum Gasteiger partial charge on any atom is 0.408 e. The minimum absolute atomic E-state index is 0.211. The number of unbranched alkanes of at least 4 members (excludes halogenated alkanes) is 4. The van der Waals surface area contributed by atoms with E-state index in [0.717, 1.165) is 42.4 Å². The lowest BCUT2D eigenvalue weighted by Crippen LogP contribution is -2.54. The summed E-state index contributed by atoms with van der Waals surface area (Å²) >= 11 is 0. The number of carbonyl (C=O) groups excluding carboxylic acids is 4. The third-order valence-corrected chi connectivity index (χ3v) is 7.46. The van der Waals surface area contributed by atoms with E-state index in [4.69, 9.17) is 9.47 Å². The Bertz CT molecular complexity index is 1330. The highest BCUT2D eigenvalue weighted by molar-refractivity contribution is 5.94. The highest BCUT2D eigenvalue weighted by Gasteiger charge is 2.37. The molecule has 0 radical (unpaired) electrons. The monoisotopic (exact) mass is 651 g/mol. The Morgan fingerprint density at radius 2 is 1.43 bits per heavy atom. The van der Waals surface area contributed by atoms with Crippen molar-refractivity contribution in [3.05, 3.63) is 70.8 Å². The van der Waals surface area contributed by atoms with Gasteiger partial charge in [-0.15, -0.1) is 0 Å². The summed E-state index contributed by atoms with van der Waals surface area (Å²) in [6.07, 6.45) is 4.18. The van der Waals surface area contributed by atoms with Gasteiger partial charge in [-0.1, -0.05) is 86.7 Å². The fourth-order valence-electron chi connectivity index (χ4n) is 5.30. The third-order valence-electron chi connectivity index (χ3n) is 7.46. The van der Waals surface area contributed by atoms with Crippen molar-refractivity contribution in [3.8, 4) is 0 Å². The molecule has 0 aromatic heterocycles. The van der Waals surface area contributed by atoms with Crippen molar-refractivity contribution >= 4 is 23.9 Å². The van der Waals surface area contributed by atoms with Gasteiger partial charge in [0.2, 0.25) is 11.8 Å². The molecule has 0 aliphatic carbocycles. The number of rotatable bonds is 15. The Balaban J connectivity index is 2.58. The average Bonchev–Trinajstić information content (AvgIpc) is 2.95. The fourth-order valence-corrected chi connectivity index (χ4v) is 5.30. The number of nitrogens with zero attached hydrogens (tertiary/aromatic N) is 1. The van der Waals surface area contributed by atoms with Crippen molar-refractivity contribution < 1.29 is 28.7 Å². The summed E-state index contributed by atoms with van der Waals surface area (Å²) < 4.78 is 11.1. The number of hydrogen-bond acceptors (Lipinski definition) is 6. The zero-order valence-electron chi connectivity index (χ0n) is 30.2. The van der Waals surface area contributed by atoms with Crippen LogP contribution in [-0.2, 0) is 30.3 Å². The summed E-state index contributed by atoms with van der Waals surface area (Å²) in [6, 6.07) is 12.1. The first kappa shape index (κ1) is 39.3. The topological polar surface area (TPSA) is 114 Å². The van der Waals surface area contributed by atoms with Gasteiger partial charge in [0.15, 0.2) is 0 Å². The van der Waals surface area contributed by atoms with E-state index >= 15 is 0 Å². The second-order valence-electron chi connectivity index (χ2n) is 14.4. The first-order valence-electron chi connectivity index (χ1n) is 16.9. The molecule has 9 nitrogen and oxygen atoms in total. The van der Waals surface area contributed by atoms with Crippen molar-refractivity contribution in [3.63, 3.8) is 0 Å². The smallest absolute Gasteiger partial charge is 0.408 e. The molecule has 2 aromatic carbocycles. The Kier molecular flexibility index (Phi) is 14.9. The summed E-state index contributed by atoms with van der Waals surface area (Å²) in [5.41, 5.74) is 1.82. The predicted octanol–water partition coefficient (Wildman–Crippen LogP) is 7.13. The number of benzene rings is 2. The maximum absolute atomic E-state index is 14.5. The summed E-state index contributed by atoms with van der Waals surface area (Å²) in [5, 5.41) is 5.62. The van der Waals surface area contributed by atoms with Gasteiger partial charge in [-0.2, -0.15) is 0 Å². The molecule has 3 unspecified atom stereocenters. The average molecular weight is 652 g/mol. The van der Waals surface area contributed by atoms with Gasteiger partial charge in [0.05, 0.1) is 0 Å². The number of alkyl carbamates (subject to hydrolysis) is 1. The molecule has 2 N–H and O–H groups in total. The Morgan fingerprint density at radius 1 is 0.809 bits per heavy atom. The van der Waals surface area contributed by atoms with E-state index < -0.39 is 53.2 Å². The minimum atomic E-state index is -1.07.